The minimum Gasteiger partial charge on any atom is -0.506 e. The number of phenolic OH excluding ortho intramolecular Hbond substituents is 1. The Morgan fingerprint density at radius 3 is 2.43 bits per heavy atom. The van der Waals surface area contributed by atoms with E-state index in [0.717, 1.165) is 4.47 Å². The van der Waals surface area contributed by atoms with Crippen molar-refractivity contribution in [3.63, 3.8) is 0 Å². The lowest BCUT2D eigenvalue weighted by molar-refractivity contribution is 0.455. The third kappa shape index (κ3) is 2.48. The highest BCUT2D eigenvalue weighted by atomic mass is 79.9. The fourth-order valence-electron chi connectivity index (χ4n) is 1.23. The fraction of sp³-hybridized carbons (Fsp3) is 0.333. The Morgan fingerprint density at radius 1 is 1.29 bits per heavy atom. The van der Waals surface area contributed by atoms with Gasteiger partial charge in [-0.25, -0.2) is 0 Å². The van der Waals surface area contributed by atoms with Crippen molar-refractivity contribution in [3.8, 4) is 5.75 Å². The predicted molar refractivity (Wildman–Crippen MR) is 64.1 cm³/mol. The first kappa shape index (κ1) is 12.0. The molecule has 0 aliphatic rings. The molecule has 0 aliphatic carbocycles. The molecule has 3 nitrogen and oxygen atoms in total. The average Bonchev–Trinajstić information content (AvgIpc) is 2.13. The monoisotopic (exact) mass is 322 g/mol. The summed E-state index contributed by atoms with van der Waals surface area (Å²) in [7, 11) is 0. The Balaban J connectivity index is 3.11. The van der Waals surface area contributed by atoms with Crippen LogP contribution in [-0.4, -0.2) is 11.7 Å². The Kier molecular flexibility index (Phi) is 4.37. The molecule has 1 rings (SSSR count). The zero-order valence-corrected chi connectivity index (χ0v) is 10.7. The number of hydrogen-bond donors (Lipinski definition) is 3. The third-order valence-corrected chi connectivity index (χ3v) is 3.29. The maximum Gasteiger partial charge on any atom is 0.135 e. The minimum atomic E-state index is -0.244. The van der Waals surface area contributed by atoms with Crippen LogP contribution < -0.4 is 11.5 Å². The van der Waals surface area contributed by atoms with Crippen LogP contribution in [-0.2, 0) is 0 Å². The van der Waals surface area contributed by atoms with Gasteiger partial charge < -0.3 is 16.6 Å². The lowest BCUT2D eigenvalue weighted by Crippen LogP contribution is -2.16. The van der Waals surface area contributed by atoms with Gasteiger partial charge in [0.25, 0.3) is 0 Å². The molecule has 5 N–H and O–H groups in total. The minimum absolute atomic E-state index is 0.181. The quantitative estimate of drug-likeness (QED) is 0.799. The van der Waals surface area contributed by atoms with E-state index >= 15 is 0 Å². The van der Waals surface area contributed by atoms with Gasteiger partial charge >= 0.3 is 0 Å². The number of rotatable bonds is 3. The first-order valence-corrected chi connectivity index (χ1v) is 5.79. The van der Waals surface area contributed by atoms with Crippen LogP contribution in [0, 0.1) is 0 Å². The summed E-state index contributed by atoms with van der Waals surface area (Å²) in [4.78, 5) is 0. The van der Waals surface area contributed by atoms with Crippen LogP contribution in [0.15, 0.2) is 21.1 Å². The highest BCUT2D eigenvalue weighted by Crippen LogP contribution is 2.37. The fourth-order valence-corrected chi connectivity index (χ4v) is 2.19. The normalized spacial score (nSPS) is 12.9. The molecular formula is C9H12Br2N2O. The molecule has 0 spiro atoms. The van der Waals surface area contributed by atoms with Gasteiger partial charge in [-0.15, -0.1) is 0 Å². The van der Waals surface area contributed by atoms with Gasteiger partial charge in [-0.3, -0.25) is 0 Å². The molecule has 1 aromatic carbocycles. The molecule has 0 unspecified atom stereocenters. The van der Waals surface area contributed by atoms with Gasteiger partial charge in [-0.05, 0) is 41.0 Å². The topological polar surface area (TPSA) is 72.3 Å². The van der Waals surface area contributed by atoms with Gasteiger partial charge in [-0.2, -0.15) is 0 Å². The second-order valence-electron chi connectivity index (χ2n) is 2.98. The van der Waals surface area contributed by atoms with Crippen LogP contribution in [0.2, 0.25) is 0 Å². The molecule has 0 fully saturated rings. The molecule has 1 aromatic rings. The molecule has 0 radical (unpaired) electrons. The maximum absolute atomic E-state index is 9.78. The molecule has 0 aliphatic heterocycles. The van der Waals surface area contributed by atoms with Crippen LogP contribution in [0.3, 0.4) is 0 Å². The van der Waals surface area contributed by atoms with Crippen molar-refractivity contribution in [1.82, 2.24) is 0 Å². The van der Waals surface area contributed by atoms with Crippen LogP contribution in [0.1, 0.15) is 18.0 Å². The van der Waals surface area contributed by atoms with E-state index in [4.69, 9.17) is 11.5 Å². The van der Waals surface area contributed by atoms with Crippen molar-refractivity contribution in [3.05, 3.63) is 26.6 Å². The van der Waals surface area contributed by atoms with E-state index in [9.17, 15) is 5.11 Å². The van der Waals surface area contributed by atoms with Crippen LogP contribution in [0.4, 0.5) is 0 Å². The van der Waals surface area contributed by atoms with E-state index in [-0.39, 0.29) is 11.8 Å². The maximum atomic E-state index is 9.78. The lowest BCUT2D eigenvalue weighted by atomic mass is 10.0. The van der Waals surface area contributed by atoms with Gasteiger partial charge in [-0.1, -0.05) is 15.9 Å². The average molecular weight is 324 g/mol. The predicted octanol–water partition coefficient (Wildman–Crippen LogP) is 2.27. The number of phenols is 1. The van der Waals surface area contributed by atoms with Crippen molar-refractivity contribution < 1.29 is 5.11 Å². The second-order valence-corrected chi connectivity index (χ2v) is 4.68. The summed E-state index contributed by atoms with van der Waals surface area (Å²) < 4.78 is 1.45. The zero-order valence-electron chi connectivity index (χ0n) is 7.50. The molecule has 5 heteroatoms. The summed E-state index contributed by atoms with van der Waals surface area (Å²) in [5, 5.41) is 9.78. The van der Waals surface area contributed by atoms with Crippen molar-refractivity contribution in [2.24, 2.45) is 11.5 Å². The van der Waals surface area contributed by atoms with Gasteiger partial charge in [0.05, 0.1) is 4.47 Å². The second kappa shape index (κ2) is 5.11. The molecule has 0 amide bonds. The van der Waals surface area contributed by atoms with Gasteiger partial charge in [0.1, 0.15) is 5.75 Å². The zero-order chi connectivity index (χ0) is 10.7. The van der Waals surface area contributed by atoms with E-state index in [1.165, 1.54) is 0 Å². The largest absolute Gasteiger partial charge is 0.506 e. The van der Waals surface area contributed by atoms with Gasteiger partial charge in [0.15, 0.2) is 0 Å². The summed E-state index contributed by atoms with van der Waals surface area (Å²) in [6, 6.07) is 3.36. The molecule has 0 heterocycles. The van der Waals surface area contributed by atoms with E-state index in [1.807, 2.05) is 6.07 Å². The number of halogens is 2. The first-order valence-electron chi connectivity index (χ1n) is 4.20. The van der Waals surface area contributed by atoms with Crippen molar-refractivity contribution in [2.75, 3.05) is 6.54 Å². The summed E-state index contributed by atoms with van der Waals surface area (Å²) in [6.07, 6.45) is 0.641. The highest BCUT2D eigenvalue weighted by Gasteiger charge is 2.15. The van der Waals surface area contributed by atoms with E-state index in [0.29, 0.717) is 23.0 Å². The Morgan fingerprint density at radius 2 is 1.86 bits per heavy atom. The van der Waals surface area contributed by atoms with Crippen molar-refractivity contribution in [1.29, 1.82) is 0 Å². The Bertz CT molecular complexity index is 331. The molecule has 1 atom stereocenters. The number of hydrogen-bond acceptors (Lipinski definition) is 3. The van der Waals surface area contributed by atoms with Crippen LogP contribution in [0.25, 0.3) is 0 Å². The van der Waals surface area contributed by atoms with E-state index < -0.39 is 0 Å². The number of benzene rings is 1. The standard InChI is InChI=1S/C9H12Br2N2O/c10-5-1-2-6(11)9(14)8(5)7(13)3-4-12/h1-2,7,14H,3-4,12-13H2/t7-/m0/s1. The Labute approximate surface area is 99.7 Å². The Hall–Kier alpha value is -0.100. The molecule has 0 aromatic heterocycles. The van der Waals surface area contributed by atoms with E-state index in [2.05, 4.69) is 31.9 Å². The highest BCUT2D eigenvalue weighted by molar-refractivity contribution is 9.11. The molecule has 0 saturated carbocycles. The lowest BCUT2D eigenvalue weighted by Gasteiger charge is -2.15. The van der Waals surface area contributed by atoms with Crippen LogP contribution >= 0.6 is 31.9 Å². The van der Waals surface area contributed by atoms with Crippen molar-refractivity contribution in [2.45, 2.75) is 12.5 Å². The molecule has 0 saturated heterocycles. The summed E-state index contributed by atoms with van der Waals surface area (Å²) in [5.41, 5.74) is 12.0. The summed E-state index contributed by atoms with van der Waals surface area (Å²) in [6.45, 7) is 0.500. The molecule has 0 bridgehead atoms. The molecule has 14 heavy (non-hydrogen) atoms. The summed E-state index contributed by atoms with van der Waals surface area (Å²) >= 11 is 6.59. The summed E-state index contributed by atoms with van der Waals surface area (Å²) in [5.74, 6) is 0.181. The number of nitrogens with two attached hydrogens (primary N) is 2. The van der Waals surface area contributed by atoms with Crippen molar-refractivity contribution >= 4 is 31.9 Å². The van der Waals surface area contributed by atoms with Gasteiger partial charge in [0.2, 0.25) is 0 Å². The third-order valence-electron chi connectivity index (χ3n) is 1.96. The van der Waals surface area contributed by atoms with E-state index in [1.54, 1.807) is 6.07 Å². The molecular weight excluding hydrogens is 312 g/mol. The SMILES string of the molecule is NCC[C@H](N)c1c(Br)ccc(Br)c1O. The molecule has 78 valence electrons. The van der Waals surface area contributed by atoms with Crippen LogP contribution in [0.5, 0.6) is 5.75 Å². The first-order chi connectivity index (χ1) is 6.57. The van der Waals surface area contributed by atoms with Gasteiger partial charge in [0, 0.05) is 16.1 Å². The smallest absolute Gasteiger partial charge is 0.135 e. The number of aromatic hydroxyl groups is 1.